The predicted octanol–water partition coefficient (Wildman–Crippen LogP) is 0.861. The van der Waals surface area contributed by atoms with E-state index in [1.54, 1.807) is 4.90 Å². The van der Waals surface area contributed by atoms with Gasteiger partial charge in [-0.05, 0) is 38.5 Å². The van der Waals surface area contributed by atoms with E-state index in [2.05, 4.69) is 10.8 Å². The zero-order valence-corrected chi connectivity index (χ0v) is 14.9. The van der Waals surface area contributed by atoms with Crippen LogP contribution < -0.4 is 10.5 Å². The van der Waals surface area contributed by atoms with Gasteiger partial charge in [0.1, 0.15) is 6.04 Å². The summed E-state index contributed by atoms with van der Waals surface area (Å²) in [5.74, 6) is -0.200. The van der Waals surface area contributed by atoms with Crippen molar-refractivity contribution < 1.29 is 13.2 Å². The molecule has 24 heavy (non-hydrogen) atoms. The fourth-order valence-electron chi connectivity index (χ4n) is 3.53. The van der Waals surface area contributed by atoms with E-state index in [0.717, 1.165) is 38.5 Å². The van der Waals surface area contributed by atoms with Crippen LogP contribution >= 0.6 is 0 Å². The highest BCUT2D eigenvalue weighted by molar-refractivity contribution is 7.90. The van der Waals surface area contributed by atoms with Crippen molar-refractivity contribution in [3.05, 3.63) is 0 Å². The van der Waals surface area contributed by atoms with Crippen molar-refractivity contribution in [2.75, 3.05) is 13.1 Å². The molecule has 3 N–H and O–H groups in total. The van der Waals surface area contributed by atoms with Crippen LogP contribution in [0.2, 0.25) is 0 Å². The van der Waals surface area contributed by atoms with Gasteiger partial charge in [-0.1, -0.05) is 19.3 Å². The van der Waals surface area contributed by atoms with E-state index in [-0.39, 0.29) is 17.2 Å². The number of sulfonamides is 1. The van der Waals surface area contributed by atoms with Gasteiger partial charge in [0.15, 0.2) is 0 Å². The van der Waals surface area contributed by atoms with Crippen LogP contribution in [0.15, 0.2) is 0 Å². The zero-order chi connectivity index (χ0) is 17.6. The lowest BCUT2D eigenvalue weighted by Gasteiger charge is -2.24. The second-order valence-corrected chi connectivity index (χ2v) is 8.81. The summed E-state index contributed by atoms with van der Waals surface area (Å²) >= 11 is 0. The molecule has 2 aliphatic rings. The Kier molecular flexibility index (Phi) is 7.02. The molecule has 1 saturated carbocycles. The maximum absolute atomic E-state index is 12.3. The highest BCUT2D eigenvalue weighted by Crippen LogP contribution is 2.23. The Labute approximate surface area is 144 Å². The molecule has 136 valence electrons. The third kappa shape index (κ3) is 4.91. The third-order valence-electron chi connectivity index (χ3n) is 4.99. The molecule has 1 heterocycles. The van der Waals surface area contributed by atoms with Gasteiger partial charge in [0.05, 0.1) is 17.4 Å². The van der Waals surface area contributed by atoms with Gasteiger partial charge in [-0.3, -0.25) is 4.79 Å². The molecule has 7 nitrogen and oxygen atoms in total. The Morgan fingerprint density at radius 3 is 2.62 bits per heavy atom. The van der Waals surface area contributed by atoms with Gasteiger partial charge >= 0.3 is 0 Å². The maximum Gasteiger partial charge on any atom is 0.240 e. The predicted molar refractivity (Wildman–Crippen MR) is 91.4 cm³/mol. The number of nitriles is 1. The lowest BCUT2D eigenvalue weighted by molar-refractivity contribution is -0.132. The van der Waals surface area contributed by atoms with Gasteiger partial charge in [0.2, 0.25) is 15.9 Å². The largest absolute Gasteiger partial charge is 0.325 e. The number of amides is 1. The molecule has 8 heteroatoms. The number of likely N-dealkylation sites (tertiary alicyclic amines) is 1. The molecular formula is C16H28N4O3S. The Bertz CT molecular complexity index is 566. The minimum absolute atomic E-state index is 0.200. The normalized spacial score (nSPS) is 23.8. The van der Waals surface area contributed by atoms with E-state index in [9.17, 15) is 13.2 Å². The van der Waals surface area contributed by atoms with Crippen LogP contribution in [0.25, 0.3) is 0 Å². The number of carbonyl (C=O) groups is 1. The van der Waals surface area contributed by atoms with Crippen molar-refractivity contribution in [1.29, 1.82) is 5.26 Å². The molecule has 0 aromatic heterocycles. The van der Waals surface area contributed by atoms with Crippen molar-refractivity contribution in [2.24, 2.45) is 5.73 Å². The first-order valence-corrected chi connectivity index (χ1v) is 10.4. The molecule has 2 unspecified atom stereocenters. The molecule has 0 bridgehead atoms. The summed E-state index contributed by atoms with van der Waals surface area (Å²) in [6.45, 7) is 0.889. The van der Waals surface area contributed by atoms with Crippen molar-refractivity contribution >= 4 is 15.9 Å². The topological polar surface area (TPSA) is 116 Å². The Balaban J connectivity index is 1.71. The molecule has 2 rings (SSSR count). The van der Waals surface area contributed by atoms with Crippen molar-refractivity contribution in [2.45, 2.75) is 75.1 Å². The monoisotopic (exact) mass is 356 g/mol. The quantitative estimate of drug-likeness (QED) is 0.656. The Morgan fingerprint density at radius 2 is 1.96 bits per heavy atom. The van der Waals surface area contributed by atoms with Gasteiger partial charge in [0, 0.05) is 13.1 Å². The maximum atomic E-state index is 12.3. The van der Waals surface area contributed by atoms with Crippen LogP contribution in [0.1, 0.15) is 57.8 Å². The molecule has 1 saturated heterocycles. The number of nitrogens with one attached hydrogen (secondary N) is 1. The molecule has 0 aromatic carbocycles. The van der Waals surface area contributed by atoms with Gasteiger partial charge in [-0.15, -0.1) is 0 Å². The van der Waals surface area contributed by atoms with Crippen LogP contribution in [0.4, 0.5) is 0 Å². The van der Waals surface area contributed by atoms with E-state index in [1.807, 2.05) is 0 Å². The molecule has 2 atom stereocenters. The number of hydrogen-bond acceptors (Lipinski definition) is 5. The first-order chi connectivity index (χ1) is 11.5. The first kappa shape index (κ1) is 19.2. The van der Waals surface area contributed by atoms with E-state index in [4.69, 9.17) is 11.0 Å². The third-order valence-corrected chi connectivity index (χ3v) is 6.94. The summed E-state index contributed by atoms with van der Waals surface area (Å²) in [6.07, 6.45) is 7.00. The molecule has 0 radical (unpaired) electrons. The lowest BCUT2D eigenvalue weighted by atomic mass is 10.0. The second-order valence-electron chi connectivity index (χ2n) is 6.77. The Hall–Kier alpha value is -1.17. The standard InChI is InChI=1S/C16H28N4O3S/c17-12-13-6-5-11-20(13)16(21)15(18)9-4-10-19-24(22,23)14-7-2-1-3-8-14/h13-15,19H,1-11,18H2. The fourth-order valence-corrected chi connectivity index (χ4v) is 5.15. The number of carbonyl (C=O) groups excluding carboxylic acids is 1. The summed E-state index contributed by atoms with van der Waals surface area (Å²) < 4.78 is 27.1. The van der Waals surface area contributed by atoms with E-state index in [0.29, 0.717) is 32.4 Å². The second kappa shape index (κ2) is 8.79. The summed E-state index contributed by atoms with van der Waals surface area (Å²) in [7, 11) is -3.26. The molecule has 2 fully saturated rings. The fraction of sp³-hybridized carbons (Fsp3) is 0.875. The van der Waals surface area contributed by atoms with Crippen molar-refractivity contribution in [3.8, 4) is 6.07 Å². The van der Waals surface area contributed by atoms with E-state index in [1.165, 1.54) is 0 Å². The SMILES string of the molecule is N#CC1CCCN1C(=O)C(N)CCCNS(=O)(=O)C1CCCCC1. The van der Waals surface area contributed by atoms with Gasteiger partial charge < -0.3 is 10.6 Å². The average molecular weight is 356 g/mol. The van der Waals surface area contributed by atoms with Gasteiger partial charge in [0.25, 0.3) is 0 Å². The average Bonchev–Trinajstić information content (AvgIpc) is 3.07. The smallest absolute Gasteiger partial charge is 0.240 e. The number of nitrogens with zero attached hydrogens (tertiary/aromatic N) is 2. The van der Waals surface area contributed by atoms with Gasteiger partial charge in [-0.2, -0.15) is 5.26 Å². The summed E-state index contributed by atoms with van der Waals surface area (Å²) in [4.78, 5) is 13.8. The molecule has 0 aromatic rings. The van der Waals surface area contributed by atoms with Crippen LogP contribution in [-0.4, -0.2) is 49.6 Å². The summed E-state index contributed by atoms with van der Waals surface area (Å²) in [5.41, 5.74) is 5.93. The Morgan fingerprint density at radius 1 is 1.25 bits per heavy atom. The van der Waals surface area contributed by atoms with Gasteiger partial charge in [-0.25, -0.2) is 13.1 Å². The highest BCUT2D eigenvalue weighted by atomic mass is 32.2. The minimum atomic E-state index is -3.26. The van der Waals surface area contributed by atoms with Crippen molar-refractivity contribution in [3.63, 3.8) is 0 Å². The molecule has 0 spiro atoms. The van der Waals surface area contributed by atoms with Crippen LogP contribution in [0, 0.1) is 11.3 Å². The van der Waals surface area contributed by atoms with Crippen molar-refractivity contribution in [1.82, 2.24) is 9.62 Å². The number of hydrogen-bond donors (Lipinski definition) is 2. The number of nitrogens with two attached hydrogens (primary N) is 1. The lowest BCUT2D eigenvalue weighted by Crippen LogP contribution is -2.46. The summed E-state index contributed by atoms with van der Waals surface area (Å²) in [6, 6.07) is 1.10. The van der Waals surface area contributed by atoms with Crippen LogP contribution in [0.5, 0.6) is 0 Å². The van der Waals surface area contributed by atoms with Crippen LogP contribution in [0.3, 0.4) is 0 Å². The van der Waals surface area contributed by atoms with E-state index < -0.39 is 16.1 Å². The van der Waals surface area contributed by atoms with Crippen LogP contribution in [-0.2, 0) is 14.8 Å². The summed E-state index contributed by atoms with van der Waals surface area (Å²) in [5, 5.41) is 8.76. The highest BCUT2D eigenvalue weighted by Gasteiger charge is 2.31. The minimum Gasteiger partial charge on any atom is -0.325 e. The van der Waals surface area contributed by atoms with E-state index >= 15 is 0 Å². The first-order valence-electron chi connectivity index (χ1n) is 8.90. The number of rotatable bonds is 7. The molecular weight excluding hydrogens is 328 g/mol. The molecule has 1 amide bonds. The molecule has 1 aliphatic heterocycles. The molecule has 1 aliphatic carbocycles. The zero-order valence-electron chi connectivity index (χ0n) is 14.1.